The fourth-order valence-electron chi connectivity index (χ4n) is 3.96. The van der Waals surface area contributed by atoms with Crippen LogP contribution in [0.25, 0.3) is 16.9 Å². The predicted molar refractivity (Wildman–Crippen MR) is 108 cm³/mol. The Labute approximate surface area is 155 Å². The first-order valence-electron chi connectivity index (χ1n) is 9.17. The van der Waals surface area contributed by atoms with Gasteiger partial charge in [0.2, 0.25) is 5.95 Å². The van der Waals surface area contributed by atoms with E-state index in [4.69, 9.17) is 0 Å². The Hall–Kier alpha value is -2.27. The second-order valence-corrected chi connectivity index (χ2v) is 14.5. The van der Waals surface area contributed by atoms with Crippen molar-refractivity contribution in [1.82, 2.24) is 14.5 Å². The topological polar surface area (TPSA) is 47.8 Å². The summed E-state index contributed by atoms with van der Waals surface area (Å²) in [7, 11) is -1.81. The number of hydrogen-bond acceptors (Lipinski definition) is 3. The molecule has 1 atom stereocenters. The van der Waals surface area contributed by atoms with Gasteiger partial charge in [-0.1, -0.05) is 52.1 Å². The smallest absolute Gasteiger partial charge is 0.234 e. The summed E-state index contributed by atoms with van der Waals surface area (Å²) in [5, 5.41) is 1.20. The van der Waals surface area contributed by atoms with Gasteiger partial charge in [0.25, 0.3) is 0 Å². The van der Waals surface area contributed by atoms with E-state index in [-0.39, 0.29) is 10.6 Å². The third-order valence-corrected chi connectivity index (χ3v) is 12.6. The molecule has 5 heteroatoms. The average molecular weight is 364 g/mol. The number of ketones is 1. The van der Waals surface area contributed by atoms with E-state index in [2.05, 4.69) is 60.5 Å². The van der Waals surface area contributed by atoms with Crippen molar-refractivity contribution < 1.29 is 4.79 Å². The van der Waals surface area contributed by atoms with Crippen molar-refractivity contribution in [3.63, 3.8) is 0 Å². The number of carbonyl (C=O) groups excluding carboxylic acids is 1. The van der Waals surface area contributed by atoms with Gasteiger partial charge in [-0.3, -0.25) is 9.36 Å². The van der Waals surface area contributed by atoms with Crippen LogP contribution in [0, 0.1) is 0 Å². The molecule has 2 heterocycles. The van der Waals surface area contributed by atoms with Gasteiger partial charge in [-0.2, -0.15) is 0 Å². The van der Waals surface area contributed by atoms with Crippen molar-refractivity contribution in [2.45, 2.75) is 50.9 Å². The standard InChI is InChI=1S/C21H25N3OSi/c1-21(2,3)26(4,5)17-13-16-18(19(17)25)14-9-6-7-10-15(14)24(16)20-22-11-8-12-23-20/h6-12,17H,13H2,1-5H3. The molecule has 134 valence electrons. The van der Waals surface area contributed by atoms with Gasteiger partial charge in [0.15, 0.2) is 5.78 Å². The number of carbonyl (C=O) groups is 1. The molecule has 0 spiro atoms. The lowest BCUT2D eigenvalue weighted by molar-refractivity contribution is 0.0992. The minimum absolute atomic E-state index is 0.104. The molecule has 0 radical (unpaired) electrons. The lowest BCUT2D eigenvalue weighted by Gasteiger charge is -2.41. The SMILES string of the molecule is CC(C)(C)[Si](C)(C)C1Cc2c(c3ccccc3n2-c2ncccn2)C1=O. The Kier molecular flexibility index (Phi) is 3.70. The fourth-order valence-corrected chi connectivity index (χ4v) is 6.51. The Bertz CT molecular complexity index is 999. The third kappa shape index (κ3) is 2.30. The molecule has 0 saturated carbocycles. The van der Waals surface area contributed by atoms with Crippen molar-refractivity contribution in [2.24, 2.45) is 0 Å². The van der Waals surface area contributed by atoms with E-state index in [1.807, 2.05) is 18.2 Å². The highest BCUT2D eigenvalue weighted by molar-refractivity contribution is 6.85. The number of rotatable bonds is 2. The number of aromatic nitrogens is 3. The molecule has 3 aromatic rings. The van der Waals surface area contributed by atoms with Crippen LogP contribution in [0.2, 0.25) is 23.7 Å². The Morgan fingerprint density at radius 3 is 2.38 bits per heavy atom. The fraction of sp³-hybridized carbons (Fsp3) is 0.381. The lowest BCUT2D eigenvalue weighted by atomic mass is 10.1. The number of Topliss-reactive ketones (excluding diaryl/α,β-unsaturated/α-hetero) is 1. The van der Waals surface area contributed by atoms with Gasteiger partial charge in [-0.25, -0.2) is 9.97 Å². The molecule has 0 fully saturated rings. The molecule has 4 rings (SSSR count). The van der Waals surface area contributed by atoms with Crippen molar-refractivity contribution in [1.29, 1.82) is 0 Å². The van der Waals surface area contributed by atoms with Crippen LogP contribution >= 0.6 is 0 Å². The Morgan fingerprint density at radius 2 is 1.73 bits per heavy atom. The zero-order chi connectivity index (χ0) is 18.7. The molecule has 1 aliphatic rings. The van der Waals surface area contributed by atoms with Crippen LogP contribution in [-0.4, -0.2) is 28.4 Å². The molecular weight excluding hydrogens is 338 g/mol. The summed E-state index contributed by atoms with van der Waals surface area (Å²) < 4.78 is 2.09. The van der Waals surface area contributed by atoms with Crippen LogP contribution in [0.5, 0.6) is 0 Å². The van der Waals surface area contributed by atoms with Crippen LogP contribution in [0.1, 0.15) is 36.8 Å². The van der Waals surface area contributed by atoms with E-state index in [0.29, 0.717) is 11.7 Å². The maximum atomic E-state index is 13.5. The molecule has 1 unspecified atom stereocenters. The monoisotopic (exact) mass is 363 g/mol. The summed E-state index contributed by atoms with van der Waals surface area (Å²) in [4.78, 5) is 22.5. The van der Waals surface area contributed by atoms with Crippen molar-refractivity contribution in [3.8, 4) is 5.95 Å². The number of fused-ring (bicyclic) bond motifs is 3. The number of benzene rings is 1. The molecule has 0 N–H and O–H groups in total. The van der Waals surface area contributed by atoms with Crippen LogP contribution in [0.3, 0.4) is 0 Å². The Morgan fingerprint density at radius 1 is 1.08 bits per heavy atom. The predicted octanol–water partition coefficient (Wildman–Crippen LogP) is 5.04. The second-order valence-electron chi connectivity index (χ2n) is 8.82. The highest BCUT2D eigenvalue weighted by Crippen LogP contribution is 2.50. The molecule has 1 aromatic carbocycles. The lowest BCUT2D eigenvalue weighted by Crippen LogP contribution is -2.44. The van der Waals surface area contributed by atoms with Gasteiger partial charge < -0.3 is 0 Å². The van der Waals surface area contributed by atoms with Crippen molar-refractivity contribution >= 4 is 24.8 Å². The first kappa shape index (κ1) is 17.2. The minimum atomic E-state index is -1.81. The Balaban J connectivity index is 1.95. The third-order valence-electron chi connectivity index (χ3n) is 6.49. The normalized spacial score (nSPS) is 17.7. The summed E-state index contributed by atoms with van der Waals surface area (Å²) in [6.45, 7) is 11.5. The largest absolute Gasteiger partial charge is 0.294 e. The van der Waals surface area contributed by atoms with E-state index in [1.54, 1.807) is 12.4 Å². The summed E-state index contributed by atoms with van der Waals surface area (Å²) in [6.07, 6.45) is 4.30. The zero-order valence-corrected chi connectivity index (χ0v) is 17.1. The maximum absolute atomic E-state index is 13.5. The maximum Gasteiger partial charge on any atom is 0.234 e. The van der Waals surface area contributed by atoms with Gasteiger partial charge in [-0.15, -0.1) is 0 Å². The molecule has 0 saturated heterocycles. The molecule has 4 nitrogen and oxygen atoms in total. The first-order valence-corrected chi connectivity index (χ1v) is 12.2. The van der Waals surface area contributed by atoms with Crippen LogP contribution < -0.4 is 0 Å². The summed E-state index contributed by atoms with van der Waals surface area (Å²) in [6, 6.07) is 9.94. The molecular formula is C21H25N3OSi. The van der Waals surface area contributed by atoms with Gasteiger partial charge in [-0.05, 0) is 23.6 Å². The number of nitrogens with zero attached hydrogens (tertiary/aromatic N) is 3. The van der Waals surface area contributed by atoms with Gasteiger partial charge in [0.05, 0.1) is 13.6 Å². The molecule has 1 aliphatic carbocycles. The van der Waals surface area contributed by atoms with E-state index >= 15 is 0 Å². The summed E-state index contributed by atoms with van der Waals surface area (Å²) in [5.74, 6) is 0.964. The second kappa shape index (κ2) is 5.61. The summed E-state index contributed by atoms with van der Waals surface area (Å²) >= 11 is 0. The molecule has 26 heavy (non-hydrogen) atoms. The quantitative estimate of drug-likeness (QED) is 0.599. The van der Waals surface area contributed by atoms with E-state index in [1.165, 1.54) is 0 Å². The van der Waals surface area contributed by atoms with E-state index in [0.717, 1.165) is 28.6 Å². The molecule has 0 amide bonds. The highest BCUT2D eigenvalue weighted by atomic mass is 28.3. The first-order chi connectivity index (χ1) is 12.2. The average Bonchev–Trinajstić information content (AvgIpc) is 3.10. The van der Waals surface area contributed by atoms with Crippen molar-refractivity contribution in [2.75, 3.05) is 0 Å². The van der Waals surface area contributed by atoms with Gasteiger partial charge >= 0.3 is 0 Å². The van der Waals surface area contributed by atoms with Crippen LogP contribution in [-0.2, 0) is 6.42 Å². The highest BCUT2D eigenvalue weighted by Gasteiger charge is 2.50. The molecule has 2 aromatic heterocycles. The van der Waals surface area contributed by atoms with Crippen LogP contribution in [0.15, 0.2) is 42.7 Å². The van der Waals surface area contributed by atoms with Gasteiger partial charge in [0, 0.05) is 34.6 Å². The van der Waals surface area contributed by atoms with E-state index in [9.17, 15) is 4.79 Å². The van der Waals surface area contributed by atoms with Crippen LogP contribution in [0.4, 0.5) is 0 Å². The molecule has 0 bridgehead atoms. The number of hydrogen-bond donors (Lipinski definition) is 0. The molecule has 0 aliphatic heterocycles. The van der Waals surface area contributed by atoms with Crippen molar-refractivity contribution in [3.05, 3.63) is 54.0 Å². The summed E-state index contributed by atoms with van der Waals surface area (Å²) in [5.41, 5.74) is 3.10. The van der Waals surface area contributed by atoms with E-state index < -0.39 is 8.07 Å². The van der Waals surface area contributed by atoms with Gasteiger partial charge in [0.1, 0.15) is 0 Å². The minimum Gasteiger partial charge on any atom is -0.294 e. The number of para-hydroxylation sites is 1. The zero-order valence-electron chi connectivity index (χ0n) is 16.1.